The first kappa shape index (κ1) is 18.4. The third kappa shape index (κ3) is 2.61. The Bertz CT molecular complexity index is 778. The predicted molar refractivity (Wildman–Crippen MR) is 85.5 cm³/mol. The maximum atomic E-state index is 14.3. The van der Waals surface area contributed by atoms with Crippen molar-refractivity contribution in [2.45, 2.75) is 17.8 Å². The van der Waals surface area contributed by atoms with E-state index in [1.807, 2.05) is 0 Å². The fraction of sp³-hybridized carbons (Fsp3) is 0.200. The monoisotopic (exact) mass is 486 g/mol. The second-order valence-corrected chi connectivity index (χ2v) is 6.84. The molecule has 1 aliphatic carbocycles. The first-order chi connectivity index (χ1) is 11.5. The summed E-state index contributed by atoms with van der Waals surface area (Å²) in [5.74, 6) is -15.8. The zero-order chi connectivity index (χ0) is 18.6. The molecule has 2 nitrogen and oxygen atoms in total. The van der Waals surface area contributed by atoms with Crippen LogP contribution in [0.1, 0.15) is 11.1 Å². The van der Waals surface area contributed by atoms with E-state index in [-0.39, 0.29) is 9.21 Å². The quantitative estimate of drug-likeness (QED) is 0.393. The molecule has 2 aromatic rings. The highest BCUT2D eigenvalue weighted by molar-refractivity contribution is 9.10. The smallest absolute Gasteiger partial charge is 0.249 e. The van der Waals surface area contributed by atoms with Gasteiger partial charge in [0.2, 0.25) is 0 Å². The summed E-state index contributed by atoms with van der Waals surface area (Å²) in [5, 5.41) is 0. The molecule has 0 fully saturated rings. The number of hydrogen-bond donors (Lipinski definition) is 0. The fourth-order valence-corrected chi connectivity index (χ4v) is 2.99. The lowest BCUT2D eigenvalue weighted by molar-refractivity contribution is -0.254. The van der Waals surface area contributed by atoms with Crippen LogP contribution < -0.4 is 0 Å². The molecule has 0 bridgehead atoms. The molecule has 0 radical (unpaired) electrons. The minimum absolute atomic E-state index is 0.239. The molecule has 2 aromatic heterocycles. The van der Waals surface area contributed by atoms with Gasteiger partial charge in [-0.05, 0) is 44.0 Å². The second-order valence-electron chi connectivity index (χ2n) is 5.21. The zero-order valence-corrected chi connectivity index (χ0v) is 15.1. The highest BCUT2D eigenvalue weighted by atomic mass is 79.9. The van der Waals surface area contributed by atoms with Crippen LogP contribution >= 0.6 is 31.9 Å². The van der Waals surface area contributed by atoms with Gasteiger partial charge in [-0.3, -0.25) is 0 Å². The van der Waals surface area contributed by atoms with Gasteiger partial charge in [0.15, 0.2) is 0 Å². The van der Waals surface area contributed by atoms with Crippen LogP contribution in [0.4, 0.5) is 26.3 Å². The van der Waals surface area contributed by atoms with Gasteiger partial charge in [-0.1, -0.05) is 12.1 Å². The minimum atomic E-state index is -5.59. The van der Waals surface area contributed by atoms with Crippen molar-refractivity contribution in [2.75, 3.05) is 0 Å². The normalized spacial score (nSPS) is 20.8. The van der Waals surface area contributed by atoms with Crippen LogP contribution in [0, 0.1) is 0 Å². The molecule has 0 aromatic carbocycles. The van der Waals surface area contributed by atoms with E-state index in [1.165, 1.54) is 12.1 Å². The Morgan fingerprint density at radius 1 is 0.640 bits per heavy atom. The molecular formula is C15H6Br2F6N2. The van der Waals surface area contributed by atoms with E-state index >= 15 is 0 Å². The number of hydrogen-bond acceptors (Lipinski definition) is 2. The van der Waals surface area contributed by atoms with Gasteiger partial charge < -0.3 is 0 Å². The van der Waals surface area contributed by atoms with Crippen LogP contribution in [-0.4, -0.2) is 27.7 Å². The van der Waals surface area contributed by atoms with Gasteiger partial charge in [0, 0.05) is 34.7 Å². The molecule has 0 aliphatic heterocycles. The highest BCUT2D eigenvalue weighted by Gasteiger charge is 2.80. The zero-order valence-electron chi connectivity index (χ0n) is 11.9. The molecule has 0 amide bonds. The number of alkyl halides is 6. The summed E-state index contributed by atoms with van der Waals surface area (Å²) in [6.07, 6.45) is 1.66. The lowest BCUT2D eigenvalue weighted by Crippen LogP contribution is -2.48. The Hall–Kier alpha value is -1.42. The molecule has 3 rings (SSSR count). The fourth-order valence-electron chi connectivity index (χ4n) is 2.52. The Morgan fingerprint density at radius 2 is 1.00 bits per heavy atom. The number of nitrogens with zero attached hydrogens (tertiary/aromatic N) is 2. The Balaban J connectivity index is 2.36. The first-order valence-corrected chi connectivity index (χ1v) is 8.21. The van der Waals surface area contributed by atoms with E-state index in [1.54, 1.807) is 0 Å². The van der Waals surface area contributed by atoms with Crippen molar-refractivity contribution in [3.8, 4) is 0 Å². The summed E-state index contributed by atoms with van der Waals surface area (Å²) < 4.78 is 85.6. The average molecular weight is 488 g/mol. The van der Waals surface area contributed by atoms with E-state index in [4.69, 9.17) is 0 Å². The van der Waals surface area contributed by atoms with Crippen molar-refractivity contribution < 1.29 is 26.3 Å². The molecule has 0 spiro atoms. The molecule has 0 atom stereocenters. The summed E-state index contributed by atoms with van der Waals surface area (Å²) in [5.41, 5.74) is -3.98. The van der Waals surface area contributed by atoms with Gasteiger partial charge in [-0.25, -0.2) is 9.97 Å². The summed E-state index contributed by atoms with van der Waals surface area (Å²) in [4.78, 5) is 7.33. The van der Waals surface area contributed by atoms with E-state index < -0.39 is 40.0 Å². The van der Waals surface area contributed by atoms with Crippen LogP contribution in [0.3, 0.4) is 0 Å². The summed E-state index contributed by atoms with van der Waals surface area (Å²) in [6, 6.07) is 4.43. The summed E-state index contributed by atoms with van der Waals surface area (Å²) >= 11 is 5.94. The number of pyridine rings is 2. The van der Waals surface area contributed by atoms with Gasteiger partial charge in [0.05, 0.1) is 0 Å². The van der Waals surface area contributed by atoms with Gasteiger partial charge in [-0.2, -0.15) is 26.3 Å². The van der Waals surface area contributed by atoms with Crippen molar-refractivity contribution in [3.63, 3.8) is 0 Å². The van der Waals surface area contributed by atoms with Crippen LogP contribution in [0.2, 0.25) is 0 Å². The largest absolute Gasteiger partial charge is 0.380 e. The second kappa shape index (κ2) is 5.80. The van der Waals surface area contributed by atoms with Gasteiger partial charge >= 0.3 is 17.8 Å². The predicted octanol–water partition coefficient (Wildman–Crippen LogP) is 5.83. The molecule has 25 heavy (non-hydrogen) atoms. The Kier molecular flexibility index (Phi) is 4.26. The first-order valence-electron chi connectivity index (χ1n) is 6.62. The molecular weight excluding hydrogens is 482 g/mol. The molecule has 132 valence electrons. The standard InChI is InChI=1S/C15H6Br2F6N2/c16-9-3-1-7(5-24-9)11-12(8-2-4-10(17)25-6-8)14(20,21)15(22,23)13(11,18)19/h1-6H. The molecule has 2 heterocycles. The van der Waals surface area contributed by atoms with Crippen LogP contribution in [-0.2, 0) is 0 Å². The van der Waals surface area contributed by atoms with Gasteiger partial charge in [-0.15, -0.1) is 0 Å². The topological polar surface area (TPSA) is 25.8 Å². The van der Waals surface area contributed by atoms with Crippen molar-refractivity contribution in [1.29, 1.82) is 0 Å². The van der Waals surface area contributed by atoms with Gasteiger partial charge in [0.25, 0.3) is 0 Å². The minimum Gasteiger partial charge on any atom is -0.249 e. The number of aromatic nitrogens is 2. The molecule has 0 unspecified atom stereocenters. The van der Waals surface area contributed by atoms with Crippen LogP contribution in [0.15, 0.2) is 45.9 Å². The van der Waals surface area contributed by atoms with Crippen molar-refractivity contribution in [3.05, 3.63) is 57.0 Å². The Morgan fingerprint density at radius 3 is 1.28 bits per heavy atom. The summed E-state index contributed by atoms with van der Waals surface area (Å²) in [6.45, 7) is 0. The Labute approximate surface area is 154 Å². The van der Waals surface area contributed by atoms with Crippen LogP contribution in [0.25, 0.3) is 11.1 Å². The number of allylic oxidation sites excluding steroid dienone is 2. The lowest BCUT2D eigenvalue weighted by Gasteiger charge is -2.25. The van der Waals surface area contributed by atoms with Crippen molar-refractivity contribution in [1.82, 2.24) is 9.97 Å². The van der Waals surface area contributed by atoms with Crippen LogP contribution in [0.5, 0.6) is 0 Å². The maximum Gasteiger partial charge on any atom is 0.380 e. The number of halogens is 8. The average Bonchev–Trinajstić information content (AvgIpc) is 2.64. The molecule has 1 aliphatic rings. The van der Waals surface area contributed by atoms with E-state index in [0.717, 1.165) is 24.5 Å². The van der Waals surface area contributed by atoms with Crippen molar-refractivity contribution >= 4 is 43.0 Å². The highest BCUT2D eigenvalue weighted by Crippen LogP contribution is 2.64. The third-order valence-corrected chi connectivity index (χ3v) is 4.64. The van der Waals surface area contributed by atoms with Gasteiger partial charge in [0.1, 0.15) is 9.21 Å². The van der Waals surface area contributed by atoms with Crippen molar-refractivity contribution in [2.24, 2.45) is 0 Å². The molecule has 0 saturated carbocycles. The van der Waals surface area contributed by atoms with E-state index in [0.29, 0.717) is 0 Å². The van der Waals surface area contributed by atoms with E-state index in [9.17, 15) is 26.3 Å². The lowest BCUT2D eigenvalue weighted by atomic mass is 9.97. The summed E-state index contributed by atoms with van der Waals surface area (Å²) in [7, 11) is 0. The molecule has 0 N–H and O–H groups in total. The SMILES string of the molecule is FC1(F)C(c2ccc(Br)nc2)=C(c2ccc(Br)nc2)C(F)(F)C1(F)F. The molecule has 0 saturated heterocycles. The van der Waals surface area contributed by atoms with E-state index in [2.05, 4.69) is 41.8 Å². The number of rotatable bonds is 2. The maximum absolute atomic E-state index is 14.3. The third-order valence-electron chi connectivity index (χ3n) is 3.70. The molecule has 10 heteroatoms.